The van der Waals surface area contributed by atoms with E-state index in [1.54, 1.807) is 23.1 Å². The number of ether oxygens (including phenoxy) is 1. The van der Waals surface area contributed by atoms with Gasteiger partial charge in [0, 0.05) is 31.1 Å². The molecule has 1 aromatic heterocycles. The van der Waals surface area contributed by atoms with Crippen LogP contribution in [0.15, 0.2) is 47.4 Å². The van der Waals surface area contributed by atoms with Crippen LogP contribution in [0.5, 0.6) is 0 Å². The van der Waals surface area contributed by atoms with E-state index in [0.717, 1.165) is 18.0 Å². The number of nitrogens with zero attached hydrogens (tertiary/aromatic N) is 3. The van der Waals surface area contributed by atoms with Crippen LogP contribution in [-0.4, -0.2) is 60.9 Å². The number of aromatic nitrogens is 1. The number of carbonyl (C=O) groups excluding carboxylic acids is 1. The van der Waals surface area contributed by atoms with Crippen LogP contribution in [0.3, 0.4) is 0 Å². The Morgan fingerprint density at radius 2 is 1.87 bits per heavy atom. The van der Waals surface area contributed by atoms with E-state index in [0.29, 0.717) is 41.7 Å². The highest BCUT2D eigenvalue weighted by molar-refractivity contribution is 8.00. The fourth-order valence-electron chi connectivity index (χ4n) is 3.15. The molecule has 1 amide bonds. The van der Waals surface area contributed by atoms with Crippen LogP contribution >= 0.6 is 23.1 Å². The van der Waals surface area contributed by atoms with Gasteiger partial charge in [-0.05, 0) is 42.5 Å². The Bertz CT molecular complexity index is 1010. The predicted molar refractivity (Wildman–Crippen MR) is 116 cm³/mol. The molecule has 3 aromatic rings. The molecule has 0 N–H and O–H groups in total. The second-order valence-corrected chi connectivity index (χ2v) is 8.91. The van der Waals surface area contributed by atoms with E-state index >= 15 is 0 Å². The Morgan fingerprint density at radius 3 is 2.63 bits per heavy atom. The second-order valence-electron chi connectivity index (χ2n) is 6.85. The second kappa shape index (κ2) is 9.82. The number of hydrogen-bond donors (Lipinski definition) is 0. The summed E-state index contributed by atoms with van der Waals surface area (Å²) in [4.78, 5) is 22.4. The third-order valence-corrected chi connectivity index (χ3v) is 6.83. The predicted octanol–water partition coefficient (Wildman–Crippen LogP) is 4.03. The molecule has 0 atom stereocenters. The average molecular weight is 450 g/mol. The molecular weight excluding hydrogens is 428 g/mol. The van der Waals surface area contributed by atoms with E-state index < -0.39 is 0 Å². The number of anilines is 1. The molecule has 1 aliphatic rings. The minimum atomic E-state index is -0.323. The molecule has 0 unspecified atom stereocenters. The van der Waals surface area contributed by atoms with Gasteiger partial charge in [0.15, 0.2) is 5.13 Å². The number of fused-ring (bicyclic) bond motifs is 1. The zero-order chi connectivity index (χ0) is 20.9. The monoisotopic (exact) mass is 449 g/mol. The number of benzene rings is 2. The SMILES string of the molecule is O=C(CSc1ccc(F)cc1)N(CCN1CCOCC1)c1nc2ccc(F)cc2s1. The van der Waals surface area contributed by atoms with Crippen LogP contribution < -0.4 is 4.90 Å². The van der Waals surface area contributed by atoms with Crippen molar-refractivity contribution in [3.05, 3.63) is 54.1 Å². The number of hydrogen-bond acceptors (Lipinski definition) is 6. The van der Waals surface area contributed by atoms with Crippen molar-refractivity contribution in [1.29, 1.82) is 0 Å². The van der Waals surface area contributed by atoms with Crippen molar-refractivity contribution in [2.75, 3.05) is 50.0 Å². The number of thioether (sulfide) groups is 1. The van der Waals surface area contributed by atoms with Crippen molar-refractivity contribution in [2.45, 2.75) is 4.90 Å². The van der Waals surface area contributed by atoms with Gasteiger partial charge in [0.25, 0.3) is 0 Å². The minimum absolute atomic E-state index is 0.0860. The van der Waals surface area contributed by atoms with Crippen LogP contribution in [0.4, 0.5) is 13.9 Å². The van der Waals surface area contributed by atoms with Crippen molar-refractivity contribution in [2.24, 2.45) is 0 Å². The van der Waals surface area contributed by atoms with Crippen LogP contribution in [0.25, 0.3) is 10.2 Å². The van der Waals surface area contributed by atoms with Crippen molar-refractivity contribution < 1.29 is 18.3 Å². The molecule has 30 heavy (non-hydrogen) atoms. The summed E-state index contributed by atoms with van der Waals surface area (Å²) >= 11 is 2.67. The average Bonchev–Trinajstić information content (AvgIpc) is 3.17. The van der Waals surface area contributed by atoms with E-state index in [4.69, 9.17) is 4.74 Å². The molecule has 1 aliphatic heterocycles. The zero-order valence-electron chi connectivity index (χ0n) is 16.2. The highest BCUT2D eigenvalue weighted by Crippen LogP contribution is 2.30. The molecule has 0 spiro atoms. The fraction of sp³-hybridized carbons (Fsp3) is 0.333. The molecule has 158 valence electrons. The lowest BCUT2D eigenvalue weighted by Gasteiger charge is -2.29. The molecule has 1 fully saturated rings. The van der Waals surface area contributed by atoms with E-state index in [2.05, 4.69) is 9.88 Å². The van der Waals surface area contributed by atoms with Gasteiger partial charge in [-0.15, -0.1) is 11.8 Å². The summed E-state index contributed by atoms with van der Waals surface area (Å²) in [6, 6.07) is 10.5. The summed E-state index contributed by atoms with van der Waals surface area (Å²) in [6.07, 6.45) is 0. The number of rotatable bonds is 7. The molecule has 5 nitrogen and oxygen atoms in total. The van der Waals surface area contributed by atoms with Crippen molar-refractivity contribution in [3.63, 3.8) is 0 Å². The normalized spacial score (nSPS) is 14.9. The van der Waals surface area contributed by atoms with Crippen LogP contribution in [0.2, 0.25) is 0 Å². The lowest BCUT2D eigenvalue weighted by Crippen LogP contribution is -2.43. The van der Waals surface area contributed by atoms with Gasteiger partial charge in [-0.2, -0.15) is 0 Å². The minimum Gasteiger partial charge on any atom is -0.379 e. The maximum Gasteiger partial charge on any atom is 0.239 e. The topological polar surface area (TPSA) is 45.7 Å². The van der Waals surface area contributed by atoms with Gasteiger partial charge in [-0.25, -0.2) is 13.8 Å². The van der Waals surface area contributed by atoms with Gasteiger partial charge >= 0.3 is 0 Å². The summed E-state index contributed by atoms with van der Waals surface area (Å²) in [5, 5.41) is 0.563. The molecule has 4 rings (SSSR count). The van der Waals surface area contributed by atoms with E-state index in [1.165, 1.54) is 47.4 Å². The first-order valence-corrected chi connectivity index (χ1v) is 11.4. The Hall–Kier alpha value is -2.07. The highest BCUT2D eigenvalue weighted by Gasteiger charge is 2.22. The maximum absolute atomic E-state index is 13.6. The van der Waals surface area contributed by atoms with Gasteiger partial charge in [0.1, 0.15) is 11.6 Å². The highest BCUT2D eigenvalue weighted by atomic mass is 32.2. The maximum atomic E-state index is 13.6. The lowest BCUT2D eigenvalue weighted by atomic mass is 10.3. The Morgan fingerprint density at radius 1 is 1.13 bits per heavy atom. The van der Waals surface area contributed by atoms with Gasteiger partial charge in [-0.1, -0.05) is 11.3 Å². The van der Waals surface area contributed by atoms with Crippen molar-refractivity contribution in [3.8, 4) is 0 Å². The molecule has 9 heteroatoms. The third kappa shape index (κ3) is 5.34. The first kappa shape index (κ1) is 21.2. The van der Waals surface area contributed by atoms with Gasteiger partial charge in [-0.3, -0.25) is 14.6 Å². The molecule has 0 bridgehead atoms. The number of halogens is 2. The van der Waals surface area contributed by atoms with Gasteiger partial charge in [0.2, 0.25) is 5.91 Å². The van der Waals surface area contributed by atoms with E-state index in [1.807, 2.05) is 0 Å². The fourth-order valence-corrected chi connectivity index (χ4v) is 4.96. The molecule has 1 saturated heterocycles. The molecule has 0 saturated carbocycles. The quantitative estimate of drug-likeness (QED) is 0.510. The molecule has 0 aliphatic carbocycles. The van der Waals surface area contributed by atoms with Crippen LogP contribution in [0.1, 0.15) is 0 Å². The summed E-state index contributed by atoms with van der Waals surface area (Å²) in [7, 11) is 0. The van der Waals surface area contributed by atoms with Gasteiger partial charge in [0.05, 0.1) is 29.2 Å². The molecular formula is C21H21F2N3O2S2. The Balaban J connectivity index is 1.50. The summed E-state index contributed by atoms with van der Waals surface area (Å²) < 4.78 is 32.8. The zero-order valence-corrected chi connectivity index (χ0v) is 17.9. The first-order valence-electron chi connectivity index (χ1n) is 9.63. The number of morpholine rings is 1. The Labute approximate surface area is 181 Å². The Kier molecular flexibility index (Phi) is 6.93. The molecule has 2 aromatic carbocycles. The molecule has 0 radical (unpaired) electrons. The summed E-state index contributed by atoms with van der Waals surface area (Å²) in [6.45, 7) is 4.24. The number of amides is 1. The number of carbonyl (C=O) groups is 1. The largest absolute Gasteiger partial charge is 0.379 e. The summed E-state index contributed by atoms with van der Waals surface area (Å²) in [5.41, 5.74) is 0.673. The van der Waals surface area contributed by atoms with Crippen LogP contribution in [0, 0.1) is 11.6 Å². The standard InChI is InChI=1S/C21H21F2N3O2S2/c22-15-1-4-17(5-2-15)29-14-20(27)26(8-7-25-9-11-28-12-10-25)21-24-18-6-3-16(23)13-19(18)30-21/h1-6,13H,7-12,14H2. The van der Waals surface area contributed by atoms with E-state index in [9.17, 15) is 13.6 Å². The van der Waals surface area contributed by atoms with Crippen molar-refractivity contribution in [1.82, 2.24) is 9.88 Å². The third-order valence-electron chi connectivity index (χ3n) is 4.79. The number of thiazole rings is 1. The van der Waals surface area contributed by atoms with Crippen LogP contribution in [-0.2, 0) is 9.53 Å². The first-order chi connectivity index (χ1) is 14.6. The van der Waals surface area contributed by atoms with E-state index in [-0.39, 0.29) is 23.3 Å². The van der Waals surface area contributed by atoms with Crippen molar-refractivity contribution >= 4 is 44.4 Å². The summed E-state index contributed by atoms with van der Waals surface area (Å²) in [5.74, 6) is -0.508. The lowest BCUT2D eigenvalue weighted by molar-refractivity contribution is -0.116. The smallest absolute Gasteiger partial charge is 0.239 e. The van der Waals surface area contributed by atoms with Gasteiger partial charge < -0.3 is 4.74 Å². The molecule has 2 heterocycles.